The van der Waals surface area contributed by atoms with Gasteiger partial charge in [0.05, 0.1) is 5.41 Å². The molecule has 0 amide bonds. The number of fused-ring (bicyclic) bond motifs is 1. The summed E-state index contributed by atoms with van der Waals surface area (Å²) in [7, 11) is 0. The summed E-state index contributed by atoms with van der Waals surface area (Å²) in [6, 6.07) is 0. The van der Waals surface area contributed by atoms with Crippen molar-refractivity contribution in [3.8, 4) is 0 Å². The Morgan fingerprint density at radius 3 is 2.39 bits per heavy atom. The molecule has 3 N–H and O–H groups in total. The second kappa shape index (κ2) is 6.51. The van der Waals surface area contributed by atoms with Gasteiger partial charge in [-0.2, -0.15) is 0 Å². The Labute approximate surface area is 166 Å². The van der Waals surface area contributed by atoms with Crippen molar-refractivity contribution in [3.63, 3.8) is 0 Å². The Morgan fingerprint density at radius 2 is 1.82 bits per heavy atom. The third kappa shape index (κ3) is 2.50. The summed E-state index contributed by atoms with van der Waals surface area (Å²) in [5.41, 5.74) is -3.21. The Morgan fingerprint density at radius 1 is 1.21 bits per heavy atom. The van der Waals surface area contributed by atoms with Crippen LogP contribution in [0.15, 0.2) is 23.3 Å². The number of aliphatic hydroxyl groups is 3. The molecule has 1 fully saturated rings. The topological polar surface area (TPSA) is 104 Å². The van der Waals surface area contributed by atoms with Crippen LogP contribution in [0.4, 0.5) is 0 Å². The lowest BCUT2D eigenvalue weighted by molar-refractivity contribution is -0.190. The Bertz CT molecular complexity index is 765. The van der Waals surface area contributed by atoms with Crippen molar-refractivity contribution in [1.82, 2.24) is 0 Å². The van der Waals surface area contributed by atoms with Gasteiger partial charge in [0.25, 0.3) is 0 Å². The molecule has 3 aliphatic rings. The molecule has 0 aromatic heterocycles. The van der Waals surface area contributed by atoms with Crippen LogP contribution >= 0.6 is 0 Å². The Balaban J connectivity index is 2.30. The van der Waals surface area contributed by atoms with Crippen molar-refractivity contribution >= 4 is 11.8 Å². The van der Waals surface area contributed by atoms with Crippen LogP contribution in [-0.2, 0) is 14.3 Å². The molecule has 6 nitrogen and oxygen atoms in total. The molecule has 0 aromatic rings. The van der Waals surface area contributed by atoms with Crippen LogP contribution in [0, 0.1) is 28.6 Å². The number of carbonyl (C=O) groups excluding carboxylic acids is 2. The van der Waals surface area contributed by atoms with E-state index in [4.69, 9.17) is 4.74 Å². The Hall–Kier alpha value is -1.50. The molecule has 0 aromatic carbocycles. The van der Waals surface area contributed by atoms with Gasteiger partial charge in [0.1, 0.15) is 24.4 Å². The second-order valence-corrected chi connectivity index (χ2v) is 9.61. The van der Waals surface area contributed by atoms with Gasteiger partial charge in [-0.3, -0.25) is 9.59 Å². The van der Waals surface area contributed by atoms with Crippen LogP contribution in [0.5, 0.6) is 0 Å². The molecule has 156 valence electrons. The molecule has 1 spiro atoms. The van der Waals surface area contributed by atoms with E-state index in [2.05, 4.69) is 6.92 Å². The first-order valence-corrected chi connectivity index (χ1v) is 9.97. The molecule has 0 radical (unpaired) electrons. The number of ether oxygens (including phenoxy) is 1. The third-order valence-electron chi connectivity index (χ3n) is 7.80. The summed E-state index contributed by atoms with van der Waals surface area (Å²) < 4.78 is 5.11. The lowest BCUT2D eigenvalue weighted by atomic mass is 9.59. The maximum Gasteiger partial charge on any atom is 0.302 e. The van der Waals surface area contributed by atoms with Crippen molar-refractivity contribution < 1.29 is 29.6 Å². The largest absolute Gasteiger partial charge is 0.461 e. The number of aliphatic hydroxyl groups excluding tert-OH is 2. The van der Waals surface area contributed by atoms with E-state index in [1.54, 1.807) is 19.1 Å². The van der Waals surface area contributed by atoms with Gasteiger partial charge in [0, 0.05) is 12.8 Å². The molecular formula is C22H32O6. The number of hydrogen-bond acceptors (Lipinski definition) is 6. The molecule has 3 aliphatic carbocycles. The van der Waals surface area contributed by atoms with Gasteiger partial charge in [0.15, 0.2) is 5.78 Å². The van der Waals surface area contributed by atoms with Crippen molar-refractivity contribution in [1.29, 1.82) is 0 Å². The minimum absolute atomic E-state index is 0.160. The first-order chi connectivity index (χ1) is 12.8. The quantitative estimate of drug-likeness (QED) is 0.489. The second-order valence-electron chi connectivity index (χ2n) is 9.61. The zero-order valence-electron chi connectivity index (χ0n) is 17.5. The van der Waals surface area contributed by atoms with E-state index >= 15 is 0 Å². The maximum atomic E-state index is 14.0. The fourth-order valence-electron chi connectivity index (χ4n) is 5.66. The predicted molar refractivity (Wildman–Crippen MR) is 103 cm³/mol. The van der Waals surface area contributed by atoms with Crippen LogP contribution in [0.3, 0.4) is 0 Å². The third-order valence-corrected chi connectivity index (χ3v) is 7.80. The molecule has 0 heterocycles. The smallest absolute Gasteiger partial charge is 0.302 e. The number of rotatable bonds is 2. The zero-order valence-corrected chi connectivity index (χ0v) is 17.5. The van der Waals surface area contributed by atoms with Gasteiger partial charge in [0.2, 0.25) is 0 Å². The summed E-state index contributed by atoms with van der Waals surface area (Å²) in [6.07, 6.45) is 1.10. The standard InChI is InChI=1S/C22H32O6/c1-11-9-21-13(3)7-12(2)20(5,6)16(19(21)26)8-15(10-28-14(4)23)18(25)22(21,27)17(11)24/h8-9,12-13,16-18,24-25,27H,7,10H2,1-6H3/t12?,13?,16?,17-,18+,21?,22+/m0/s1. The lowest BCUT2D eigenvalue weighted by Crippen LogP contribution is -2.65. The molecule has 4 unspecified atom stereocenters. The van der Waals surface area contributed by atoms with E-state index in [1.807, 2.05) is 20.8 Å². The summed E-state index contributed by atoms with van der Waals surface area (Å²) in [5, 5.41) is 33.9. The van der Waals surface area contributed by atoms with Gasteiger partial charge in [-0.1, -0.05) is 39.8 Å². The van der Waals surface area contributed by atoms with E-state index in [9.17, 15) is 24.9 Å². The Kier molecular flexibility index (Phi) is 4.93. The molecule has 3 rings (SSSR count). The van der Waals surface area contributed by atoms with Gasteiger partial charge in [-0.15, -0.1) is 0 Å². The minimum atomic E-state index is -2.10. The van der Waals surface area contributed by atoms with E-state index in [1.165, 1.54) is 6.92 Å². The van der Waals surface area contributed by atoms with Crippen LogP contribution < -0.4 is 0 Å². The predicted octanol–water partition coefficient (Wildman–Crippen LogP) is 1.78. The first-order valence-electron chi connectivity index (χ1n) is 9.97. The highest BCUT2D eigenvalue weighted by atomic mass is 16.5. The highest BCUT2D eigenvalue weighted by Gasteiger charge is 2.71. The highest BCUT2D eigenvalue weighted by Crippen LogP contribution is 2.62. The summed E-state index contributed by atoms with van der Waals surface area (Å²) in [5.74, 6) is -1.42. The van der Waals surface area contributed by atoms with Crippen LogP contribution in [0.2, 0.25) is 0 Å². The van der Waals surface area contributed by atoms with Gasteiger partial charge >= 0.3 is 5.97 Å². The summed E-state index contributed by atoms with van der Waals surface area (Å²) in [4.78, 5) is 25.3. The fraction of sp³-hybridized carbons (Fsp3) is 0.727. The van der Waals surface area contributed by atoms with Crippen LogP contribution in [-0.4, -0.2) is 51.5 Å². The maximum absolute atomic E-state index is 14.0. The normalized spacial score (nSPS) is 44.8. The zero-order chi connectivity index (χ0) is 21.2. The van der Waals surface area contributed by atoms with Gasteiger partial charge < -0.3 is 20.1 Å². The molecule has 0 aliphatic heterocycles. The van der Waals surface area contributed by atoms with Crippen molar-refractivity contribution in [3.05, 3.63) is 23.3 Å². The number of Topliss-reactive ketones (excluding diaryl/α,β-unsaturated/α-hetero) is 1. The van der Waals surface area contributed by atoms with Crippen molar-refractivity contribution in [2.75, 3.05) is 6.61 Å². The van der Waals surface area contributed by atoms with Crippen molar-refractivity contribution in [2.45, 2.75) is 65.8 Å². The molecule has 7 atom stereocenters. The summed E-state index contributed by atoms with van der Waals surface area (Å²) >= 11 is 0. The molecule has 2 bridgehead atoms. The number of carbonyl (C=O) groups is 2. The lowest BCUT2D eigenvalue weighted by Gasteiger charge is -2.47. The number of hydrogen-bond donors (Lipinski definition) is 3. The van der Waals surface area contributed by atoms with E-state index in [0.717, 1.165) is 0 Å². The first kappa shape index (κ1) is 21.2. The molecule has 0 saturated heterocycles. The number of esters is 1. The minimum Gasteiger partial charge on any atom is -0.461 e. The number of ketones is 1. The fourth-order valence-corrected chi connectivity index (χ4v) is 5.66. The monoisotopic (exact) mass is 392 g/mol. The van der Waals surface area contributed by atoms with Crippen LogP contribution in [0.1, 0.15) is 48.0 Å². The molecule has 1 saturated carbocycles. The molecule has 6 heteroatoms. The highest BCUT2D eigenvalue weighted by molar-refractivity contribution is 5.95. The molecule has 28 heavy (non-hydrogen) atoms. The van der Waals surface area contributed by atoms with E-state index < -0.39 is 40.5 Å². The van der Waals surface area contributed by atoms with Gasteiger partial charge in [-0.25, -0.2) is 0 Å². The number of allylic oxidation sites excluding steroid dienone is 1. The van der Waals surface area contributed by atoms with Gasteiger partial charge in [-0.05, 0) is 41.7 Å². The van der Waals surface area contributed by atoms with E-state index in [0.29, 0.717) is 12.0 Å². The summed E-state index contributed by atoms with van der Waals surface area (Å²) in [6.45, 7) is 10.7. The van der Waals surface area contributed by atoms with Crippen molar-refractivity contribution in [2.24, 2.45) is 28.6 Å². The average Bonchev–Trinajstić information content (AvgIpc) is 2.75. The van der Waals surface area contributed by atoms with E-state index in [-0.39, 0.29) is 29.8 Å². The SMILES string of the molecule is CC(=O)OCC1=CC2C(=O)C3(C=C(C)[C@H](O)[C@@]3(O)[C@@H]1O)C(C)CC(C)C2(C)C. The molecular weight excluding hydrogens is 360 g/mol. The van der Waals surface area contributed by atoms with Crippen LogP contribution in [0.25, 0.3) is 0 Å². The average molecular weight is 392 g/mol.